The summed E-state index contributed by atoms with van der Waals surface area (Å²) in [6.45, 7) is 4.10. The lowest BCUT2D eigenvalue weighted by Gasteiger charge is -2.24. The molecule has 0 aromatic rings. The van der Waals surface area contributed by atoms with Gasteiger partial charge in [-0.1, -0.05) is 258 Å². The molecule has 0 spiro atoms. The van der Waals surface area contributed by atoms with Crippen LogP contribution in [0.1, 0.15) is 206 Å². The molecule has 0 saturated carbocycles. The fourth-order valence-corrected chi connectivity index (χ4v) is 8.68. The number of unbranched alkanes of at least 4 members (excludes halogenated alkanes) is 8. The van der Waals surface area contributed by atoms with Crippen LogP contribution in [-0.4, -0.2) is 74.9 Å². The Bertz CT molecular complexity index is 2280. The number of carbonyl (C=O) groups excluding carboxylic acids is 2. The maximum atomic E-state index is 12.9. The van der Waals surface area contributed by atoms with Crippen LogP contribution in [0.3, 0.4) is 0 Å². The molecular weight excluding hydrogens is 1110 g/mol. The molecule has 88 heavy (non-hydrogen) atoms. The number of esters is 2. The molecule has 490 valence electrons. The van der Waals surface area contributed by atoms with Gasteiger partial charge in [-0.3, -0.25) is 18.6 Å². The number of ether oxygens (including phenoxy) is 2. The normalized spacial score (nSPS) is 14.6. The van der Waals surface area contributed by atoms with E-state index in [9.17, 15) is 19.0 Å². The monoisotopic (exact) mass is 1230 g/mol. The van der Waals surface area contributed by atoms with Crippen molar-refractivity contribution in [2.75, 3.05) is 47.5 Å². The van der Waals surface area contributed by atoms with Gasteiger partial charge in [0.25, 0.3) is 0 Å². The zero-order valence-electron chi connectivity index (χ0n) is 55.6. The Hall–Kier alpha value is -5.67. The smallest absolute Gasteiger partial charge is 0.462 e. The number of carbonyl (C=O) groups is 2. The van der Waals surface area contributed by atoms with Crippen molar-refractivity contribution in [3.8, 4) is 0 Å². The summed E-state index contributed by atoms with van der Waals surface area (Å²) in [5.41, 5.74) is 0. The lowest BCUT2D eigenvalue weighted by Crippen LogP contribution is -2.37. The van der Waals surface area contributed by atoms with Gasteiger partial charge in [-0.05, 0) is 154 Å². The topological polar surface area (TPSA) is 108 Å². The second-order valence-corrected chi connectivity index (χ2v) is 23.8. The van der Waals surface area contributed by atoms with E-state index in [1.807, 2.05) is 21.1 Å². The molecule has 10 heteroatoms. The first-order valence-corrected chi connectivity index (χ1v) is 35.0. The minimum absolute atomic E-state index is 0.00666. The first-order chi connectivity index (χ1) is 43.0. The number of phosphoric ester groups is 1. The first-order valence-electron chi connectivity index (χ1n) is 33.5. The van der Waals surface area contributed by atoms with Crippen LogP contribution >= 0.6 is 7.82 Å². The quantitative estimate of drug-likeness (QED) is 0.0211. The standard InChI is InChI=1S/C78H120NO8P/c1-6-8-10-12-14-16-18-20-22-24-26-28-30-32-34-36-38-39-41-43-45-47-49-51-53-55-57-59-61-63-65-67-69-71-78(81)87-76(75-86-88(82,83)85-73-72-79(3,4)5)74-84-77(80)70-68-66-64-62-60-58-56-54-52-50-48-46-44-42-40-37-35-33-31-29-27-25-23-21-19-17-15-13-11-9-7-2/h8-11,14-17,20-23,26-29,32-35,38-40,42-43,45-46,48-49,51-52,54-55,57,61,63,76H,6-7,12-13,18-19,24-25,30-31,36-37,41,44,47,50,53,56,58-60,62,64-75H2,1-5H3/p+1/b10-8-,11-9-,16-14-,17-15-,22-20-,23-21-,28-26-,29-27-,34-32-,35-33-,39-38-,42-40-,45-43-,48-46-,51-49-,54-52-,57-55-,63-61-. The Morgan fingerprint density at radius 2 is 0.614 bits per heavy atom. The van der Waals surface area contributed by atoms with E-state index in [0.717, 1.165) is 167 Å². The van der Waals surface area contributed by atoms with Crippen molar-refractivity contribution in [1.29, 1.82) is 0 Å². The van der Waals surface area contributed by atoms with Gasteiger partial charge < -0.3 is 18.9 Å². The Balaban J connectivity index is 4.31. The van der Waals surface area contributed by atoms with Crippen LogP contribution < -0.4 is 0 Å². The molecule has 0 fully saturated rings. The number of nitrogens with zero attached hydrogens (tertiary/aromatic N) is 1. The highest BCUT2D eigenvalue weighted by Gasteiger charge is 2.27. The third-order valence-electron chi connectivity index (χ3n) is 13.0. The van der Waals surface area contributed by atoms with Gasteiger partial charge in [-0.25, -0.2) is 4.57 Å². The number of rotatable bonds is 58. The summed E-state index contributed by atoms with van der Waals surface area (Å²) in [5, 5.41) is 0. The number of hydrogen-bond donors (Lipinski definition) is 1. The van der Waals surface area contributed by atoms with Crippen molar-refractivity contribution >= 4 is 19.8 Å². The number of hydrogen-bond acceptors (Lipinski definition) is 7. The van der Waals surface area contributed by atoms with Crippen LogP contribution in [0.4, 0.5) is 0 Å². The van der Waals surface area contributed by atoms with Crippen LogP contribution in [-0.2, 0) is 32.7 Å². The third-order valence-corrected chi connectivity index (χ3v) is 14.0. The summed E-state index contributed by atoms with van der Waals surface area (Å²) >= 11 is 0. The van der Waals surface area contributed by atoms with Crippen LogP contribution in [0, 0.1) is 0 Å². The molecule has 0 aromatic heterocycles. The Kier molecular flexibility index (Phi) is 61.5. The maximum Gasteiger partial charge on any atom is 0.472 e. The van der Waals surface area contributed by atoms with Gasteiger partial charge in [0.2, 0.25) is 0 Å². The minimum Gasteiger partial charge on any atom is -0.462 e. The van der Waals surface area contributed by atoms with Gasteiger partial charge in [0, 0.05) is 12.8 Å². The van der Waals surface area contributed by atoms with E-state index < -0.39 is 32.5 Å². The SMILES string of the molecule is CC/C=C\C/C=C\C/C=C\C/C=C\C/C=C\C/C=C\C/C=C\C/C=C\C/C=C\C/C=C\CCCCC(=O)OC(COC(=O)CCCCCCCC/C=C\C/C=C\C/C=C\C/C=C\C/C=C\C/C=C\C/C=C\C/C=C\CC)COP(=O)(O)OCC[N+](C)(C)C. The summed E-state index contributed by atoms with van der Waals surface area (Å²) in [5.74, 6) is -0.887. The molecule has 0 bridgehead atoms. The number of likely N-dealkylation sites (N-methyl/N-ethyl adjacent to an activating group) is 1. The van der Waals surface area contributed by atoms with Crippen molar-refractivity contribution in [3.63, 3.8) is 0 Å². The molecule has 9 nitrogen and oxygen atoms in total. The zero-order chi connectivity index (χ0) is 64.1. The van der Waals surface area contributed by atoms with Crippen molar-refractivity contribution < 1.29 is 42.1 Å². The molecule has 0 aliphatic heterocycles. The second kappa shape index (κ2) is 65.8. The van der Waals surface area contributed by atoms with Gasteiger partial charge in [-0.15, -0.1) is 0 Å². The lowest BCUT2D eigenvalue weighted by atomic mass is 10.1. The number of allylic oxidation sites excluding steroid dienone is 36. The van der Waals surface area contributed by atoms with Crippen LogP contribution in [0.5, 0.6) is 0 Å². The molecule has 2 atom stereocenters. The minimum atomic E-state index is -4.43. The van der Waals surface area contributed by atoms with E-state index in [1.165, 1.54) is 0 Å². The van der Waals surface area contributed by atoms with Gasteiger partial charge in [-0.2, -0.15) is 0 Å². The van der Waals surface area contributed by atoms with E-state index in [0.29, 0.717) is 23.9 Å². The van der Waals surface area contributed by atoms with E-state index in [-0.39, 0.29) is 26.1 Å². The van der Waals surface area contributed by atoms with Gasteiger partial charge in [0.05, 0.1) is 27.7 Å². The van der Waals surface area contributed by atoms with Crippen LogP contribution in [0.25, 0.3) is 0 Å². The second-order valence-electron chi connectivity index (χ2n) is 22.4. The lowest BCUT2D eigenvalue weighted by molar-refractivity contribution is -0.870. The highest BCUT2D eigenvalue weighted by atomic mass is 31.2. The predicted molar refractivity (Wildman–Crippen MR) is 380 cm³/mol. The third kappa shape index (κ3) is 69.4. The number of quaternary nitrogens is 1. The summed E-state index contributed by atoms with van der Waals surface area (Å²) in [6, 6.07) is 0. The number of phosphoric acid groups is 1. The van der Waals surface area contributed by atoms with E-state index >= 15 is 0 Å². The molecule has 0 radical (unpaired) electrons. The molecule has 0 saturated heterocycles. The molecule has 0 amide bonds. The van der Waals surface area contributed by atoms with Crippen LogP contribution in [0.2, 0.25) is 0 Å². The molecular formula is C78H121NO8P+. The van der Waals surface area contributed by atoms with Crippen molar-refractivity contribution in [2.24, 2.45) is 0 Å². The summed E-state index contributed by atoms with van der Waals surface area (Å²) in [4.78, 5) is 35.8. The predicted octanol–water partition coefficient (Wildman–Crippen LogP) is 22.0. The maximum absolute atomic E-state index is 12.9. The Labute approximate surface area is 538 Å². The molecule has 2 unspecified atom stereocenters. The van der Waals surface area contributed by atoms with Gasteiger partial charge in [0.15, 0.2) is 6.10 Å². The Morgan fingerprint density at radius 3 is 0.932 bits per heavy atom. The molecule has 1 N–H and O–H groups in total. The summed E-state index contributed by atoms with van der Waals surface area (Å²) in [6.07, 6.45) is 106. The van der Waals surface area contributed by atoms with E-state index in [4.69, 9.17) is 18.5 Å². The van der Waals surface area contributed by atoms with E-state index in [2.05, 4.69) is 233 Å². The fraction of sp³-hybridized carbons (Fsp3) is 0.513. The zero-order valence-corrected chi connectivity index (χ0v) is 56.5. The van der Waals surface area contributed by atoms with E-state index in [1.54, 1.807) is 0 Å². The summed E-state index contributed by atoms with van der Waals surface area (Å²) < 4.78 is 34.6. The van der Waals surface area contributed by atoms with Crippen molar-refractivity contribution in [2.45, 2.75) is 213 Å². The van der Waals surface area contributed by atoms with Crippen LogP contribution in [0.15, 0.2) is 219 Å². The van der Waals surface area contributed by atoms with Gasteiger partial charge >= 0.3 is 19.8 Å². The molecule has 0 aromatic carbocycles. The van der Waals surface area contributed by atoms with Gasteiger partial charge in [0.1, 0.15) is 19.8 Å². The summed E-state index contributed by atoms with van der Waals surface area (Å²) in [7, 11) is 1.40. The molecule has 0 heterocycles. The largest absolute Gasteiger partial charge is 0.472 e. The van der Waals surface area contributed by atoms with Crippen molar-refractivity contribution in [1.82, 2.24) is 0 Å². The van der Waals surface area contributed by atoms with Crippen molar-refractivity contribution in [3.05, 3.63) is 219 Å². The molecule has 0 aliphatic rings. The molecule has 0 aliphatic carbocycles. The first kappa shape index (κ1) is 82.3. The highest BCUT2D eigenvalue weighted by Crippen LogP contribution is 2.43. The molecule has 0 rings (SSSR count). The fourth-order valence-electron chi connectivity index (χ4n) is 7.94. The average Bonchev–Trinajstić information content (AvgIpc) is 3.56. The Morgan fingerprint density at radius 1 is 0.352 bits per heavy atom. The average molecular weight is 1230 g/mol. The highest BCUT2D eigenvalue weighted by molar-refractivity contribution is 7.47.